The molecule has 0 N–H and O–H groups in total. The van der Waals surface area contributed by atoms with Crippen LogP contribution in [0, 0.1) is 0 Å². The minimum atomic E-state index is 0.565. The molecule has 0 amide bonds. The largest absolute Gasteiger partial charge is 0.456 e. The Morgan fingerprint density at radius 1 is 0.289 bits per heavy atom. The smallest absolute Gasteiger partial charge is 0.164 e. The summed E-state index contributed by atoms with van der Waals surface area (Å²) in [4.78, 5) is 15.9. The van der Waals surface area contributed by atoms with Gasteiger partial charge in [-0.05, 0) is 112 Å². The van der Waals surface area contributed by atoms with Crippen LogP contribution in [0.4, 0.5) is 0 Å². The van der Waals surface area contributed by atoms with Gasteiger partial charge in [0.2, 0.25) is 0 Å². The highest BCUT2D eigenvalue weighted by Gasteiger charge is 2.23. The SMILES string of the molecule is c1ccc(-c2nc(-c3ccccc3-c3cccc4sc5ccccc5c34)nc(-c3cccc4oc5ccc(-c6cccc7oc8ccc(-c9ccc%10c(c9)c9ccccc9n%10-c9ccccc9)cc8c67)cc5c34)n2)cc1. The van der Waals surface area contributed by atoms with Crippen molar-refractivity contribution in [2.75, 3.05) is 0 Å². The number of aromatic nitrogens is 4. The molecule has 6 nitrogen and oxygen atoms in total. The van der Waals surface area contributed by atoms with Crippen LogP contribution in [0.3, 0.4) is 0 Å². The summed E-state index contributed by atoms with van der Waals surface area (Å²) in [5, 5.41) is 8.94. The van der Waals surface area contributed by atoms with Crippen molar-refractivity contribution in [3.8, 4) is 73.2 Å². The van der Waals surface area contributed by atoms with E-state index in [0.717, 1.165) is 99.6 Å². The van der Waals surface area contributed by atoms with E-state index in [1.165, 1.54) is 42.0 Å². The lowest BCUT2D eigenvalue weighted by atomic mass is 9.95. The van der Waals surface area contributed by atoms with Crippen molar-refractivity contribution in [1.29, 1.82) is 0 Å². The zero-order valence-electron chi connectivity index (χ0n) is 40.6. The predicted octanol–water partition coefficient (Wildman–Crippen LogP) is 19.1. The third-order valence-electron chi connectivity index (χ3n) is 15.1. The van der Waals surface area contributed by atoms with Gasteiger partial charge in [-0.3, -0.25) is 0 Å². The second-order valence-electron chi connectivity index (χ2n) is 19.4. The highest BCUT2D eigenvalue weighted by atomic mass is 32.1. The van der Waals surface area contributed by atoms with E-state index in [1.807, 2.05) is 41.7 Å². The Morgan fingerprint density at radius 3 is 1.61 bits per heavy atom. The average molecular weight is 989 g/mol. The molecule has 0 bridgehead atoms. The highest BCUT2D eigenvalue weighted by molar-refractivity contribution is 7.26. The summed E-state index contributed by atoms with van der Waals surface area (Å²) in [5.41, 5.74) is 16.0. The quantitative estimate of drug-likeness (QED) is 0.159. The van der Waals surface area contributed by atoms with Crippen LogP contribution < -0.4 is 0 Å². The predicted molar refractivity (Wildman–Crippen MR) is 314 cm³/mol. The Bertz CT molecular complexity index is 5010. The Hall–Kier alpha value is -9.95. The maximum atomic E-state index is 6.68. The number of thiophene rings is 1. The molecule has 354 valence electrons. The van der Waals surface area contributed by atoms with Crippen molar-refractivity contribution < 1.29 is 8.83 Å². The van der Waals surface area contributed by atoms with Crippen LogP contribution in [-0.4, -0.2) is 19.5 Å². The number of benzene rings is 11. The van der Waals surface area contributed by atoms with Crippen LogP contribution in [-0.2, 0) is 0 Å². The first-order chi connectivity index (χ1) is 37.7. The Balaban J connectivity index is 0.849. The van der Waals surface area contributed by atoms with Crippen LogP contribution in [0.1, 0.15) is 0 Å². The van der Waals surface area contributed by atoms with Gasteiger partial charge in [-0.1, -0.05) is 164 Å². The molecule has 0 radical (unpaired) electrons. The Labute approximate surface area is 439 Å². The fourth-order valence-corrected chi connectivity index (χ4v) is 12.8. The van der Waals surface area contributed by atoms with Gasteiger partial charge in [-0.25, -0.2) is 15.0 Å². The van der Waals surface area contributed by atoms with Crippen molar-refractivity contribution in [3.63, 3.8) is 0 Å². The molecule has 5 aromatic heterocycles. The molecule has 0 aliphatic carbocycles. The molecule has 5 heterocycles. The second kappa shape index (κ2) is 16.8. The van der Waals surface area contributed by atoms with E-state index >= 15 is 0 Å². The first-order valence-corrected chi connectivity index (χ1v) is 26.3. The second-order valence-corrected chi connectivity index (χ2v) is 20.5. The summed E-state index contributed by atoms with van der Waals surface area (Å²) < 4.78 is 18.2. The number of rotatable bonds is 7. The molecule has 0 aliphatic rings. The van der Waals surface area contributed by atoms with Crippen molar-refractivity contribution in [1.82, 2.24) is 19.5 Å². The van der Waals surface area contributed by atoms with Gasteiger partial charge in [-0.2, -0.15) is 0 Å². The number of para-hydroxylation sites is 2. The van der Waals surface area contributed by atoms with E-state index in [2.05, 4.69) is 217 Å². The van der Waals surface area contributed by atoms with Crippen LogP contribution >= 0.6 is 11.3 Å². The van der Waals surface area contributed by atoms with Gasteiger partial charge in [0.25, 0.3) is 0 Å². The number of hydrogen-bond donors (Lipinski definition) is 0. The number of fused-ring (bicyclic) bond motifs is 12. The van der Waals surface area contributed by atoms with E-state index in [1.54, 1.807) is 0 Å². The minimum Gasteiger partial charge on any atom is -0.456 e. The molecule has 16 aromatic rings. The van der Waals surface area contributed by atoms with Gasteiger partial charge in [0, 0.05) is 74.9 Å². The molecule has 0 saturated carbocycles. The first-order valence-electron chi connectivity index (χ1n) is 25.5. The molecular weight excluding hydrogens is 949 g/mol. The summed E-state index contributed by atoms with van der Waals surface area (Å²) in [5.74, 6) is 1.75. The summed E-state index contributed by atoms with van der Waals surface area (Å²) in [6, 6.07) is 85.6. The van der Waals surface area contributed by atoms with Crippen molar-refractivity contribution in [2.24, 2.45) is 0 Å². The molecule has 0 spiro atoms. The van der Waals surface area contributed by atoms with E-state index in [0.29, 0.717) is 17.5 Å². The molecule has 0 atom stereocenters. The normalized spacial score (nSPS) is 11.9. The lowest BCUT2D eigenvalue weighted by Crippen LogP contribution is -2.01. The van der Waals surface area contributed by atoms with Gasteiger partial charge in [0.15, 0.2) is 17.5 Å². The summed E-state index contributed by atoms with van der Waals surface area (Å²) in [6.07, 6.45) is 0. The van der Waals surface area contributed by atoms with Gasteiger partial charge >= 0.3 is 0 Å². The van der Waals surface area contributed by atoms with Crippen molar-refractivity contribution in [2.45, 2.75) is 0 Å². The molecule has 7 heteroatoms. The lowest BCUT2D eigenvalue weighted by Gasteiger charge is -2.13. The number of nitrogens with zero attached hydrogens (tertiary/aromatic N) is 4. The van der Waals surface area contributed by atoms with Crippen LogP contribution in [0.5, 0.6) is 0 Å². The monoisotopic (exact) mass is 988 g/mol. The zero-order valence-corrected chi connectivity index (χ0v) is 41.4. The Kier molecular flexibility index (Phi) is 9.40. The summed E-state index contributed by atoms with van der Waals surface area (Å²) in [7, 11) is 0. The van der Waals surface area contributed by atoms with Crippen molar-refractivity contribution in [3.05, 3.63) is 243 Å². The summed E-state index contributed by atoms with van der Waals surface area (Å²) in [6.45, 7) is 0. The molecule has 16 rings (SSSR count). The van der Waals surface area contributed by atoms with Crippen molar-refractivity contribution >= 4 is 97.2 Å². The highest BCUT2D eigenvalue weighted by Crippen LogP contribution is 2.45. The maximum Gasteiger partial charge on any atom is 0.164 e. The maximum absolute atomic E-state index is 6.68. The van der Waals surface area contributed by atoms with E-state index < -0.39 is 0 Å². The molecular formula is C69H40N4O2S. The molecule has 0 aliphatic heterocycles. The van der Waals surface area contributed by atoms with E-state index in [9.17, 15) is 0 Å². The van der Waals surface area contributed by atoms with E-state index in [4.69, 9.17) is 23.8 Å². The topological polar surface area (TPSA) is 69.9 Å². The zero-order chi connectivity index (χ0) is 49.8. The fraction of sp³-hybridized carbons (Fsp3) is 0. The van der Waals surface area contributed by atoms with Gasteiger partial charge in [0.1, 0.15) is 22.3 Å². The Morgan fingerprint density at radius 2 is 0.816 bits per heavy atom. The molecule has 0 unspecified atom stereocenters. The molecule has 0 fully saturated rings. The van der Waals surface area contributed by atoms with Crippen LogP contribution in [0.2, 0.25) is 0 Å². The molecule has 11 aromatic carbocycles. The molecule has 76 heavy (non-hydrogen) atoms. The van der Waals surface area contributed by atoms with Gasteiger partial charge in [0.05, 0.1) is 11.0 Å². The minimum absolute atomic E-state index is 0.565. The number of hydrogen-bond acceptors (Lipinski definition) is 6. The first kappa shape index (κ1) is 42.5. The standard InChI is InChI=1S/C69H40N4O2S/c1-3-16-41(17-4-1)67-70-68(50-22-8-7-20-47(50)49-25-15-31-63-66(49)51-23-10-12-30-62(51)76-63)72-69(71-67)52-26-14-29-61-65(52)55-40-44(34-37-59(55)75-61)46-24-13-28-60-64(46)54-39-43(33-36-58(54)74-60)42-32-35-57-53(38-42)48-21-9-11-27-56(48)73(57)45-18-5-2-6-19-45/h1-40H. The van der Waals surface area contributed by atoms with Crippen LogP contribution in [0.15, 0.2) is 251 Å². The lowest BCUT2D eigenvalue weighted by molar-refractivity contribution is 0.669. The third-order valence-corrected chi connectivity index (χ3v) is 16.2. The van der Waals surface area contributed by atoms with E-state index in [-0.39, 0.29) is 0 Å². The van der Waals surface area contributed by atoms with Crippen LogP contribution in [0.25, 0.3) is 159 Å². The molecule has 0 saturated heterocycles. The third kappa shape index (κ3) is 6.62. The number of furan rings is 2. The average Bonchev–Trinajstić information content (AvgIpc) is 4.27. The van der Waals surface area contributed by atoms with Gasteiger partial charge in [-0.15, -0.1) is 11.3 Å². The fourth-order valence-electron chi connectivity index (χ4n) is 11.7. The van der Waals surface area contributed by atoms with Gasteiger partial charge < -0.3 is 13.4 Å². The summed E-state index contributed by atoms with van der Waals surface area (Å²) >= 11 is 1.82.